The fourth-order valence-corrected chi connectivity index (χ4v) is 3.91. The molecule has 2 aromatic carbocycles. The molecule has 0 saturated heterocycles. The Balaban J connectivity index is 1.68. The number of anilines is 1. The summed E-state index contributed by atoms with van der Waals surface area (Å²) in [6, 6.07) is 10.3. The molecule has 1 atom stereocenters. The molecule has 0 aliphatic rings. The first-order valence-electron chi connectivity index (χ1n) is 10.0. The Morgan fingerprint density at radius 1 is 1.12 bits per heavy atom. The van der Waals surface area contributed by atoms with E-state index in [0.29, 0.717) is 11.0 Å². The van der Waals surface area contributed by atoms with Gasteiger partial charge in [0.05, 0.1) is 11.3 Å². The van der Waals surface area contributed by atoms with E-state index < -0.39 is 29.6 Å². The van der Waals surface area contributed by atoms with Gasteiger partial charge in [-0.3, -0.25) is 4.79 Å². The second-order valence-electron chi connectivity index (χ2n) is 7.41. The van der Waals surface area contributed by atoms with E-state index in [-0.39, 0.29) is 23.2 Å². The number of ether oxygens (including phenoxy) is 1. The van der Waals surface area contributed by atoms with Crippen molar-refractivity contribution in [2.24, 2.45) is 0 Å². The third-order valence-electron chi connectivity index (χ3n) is 4.52. The molecule has 3 rings (SSSR count). The van der Waals surface area contributed by atoms with E-state index >= 15 is 0 Å². The zero-order valence-electron chi connectivity index (χ0n) is 18.1. The number of para-hydroxylation sites is 1. The van der Waals surface area contributed by atoms with Crippen LogP contribution < -0.4 is 10.1 Å². The third kappa shape index (κ3) is 6.25. The first-order valence-corrected chi connectivity index (χ1v) is 11.0. The summed E-state index contributed by atoms with van der Waals surface area (Å²) in [5.41, 5.74) is -0.797. The number of nitrogens with one attached hydrogen (secondary N) is 1. The van der Waals surface area contributed by atoms with Gasteiger partial charge in [0.1, 0.15) is 0 Å². The van der Waals surface area contributed by atoms with Gasteiger partial charge in [-0.15, -0.1) is 10.2 Å². The molecule has 0 radical (unpaired) electrons. The molecular formula is C22H22F4N4O2S. The number of benzene rings is 2. The number of thioether (sulfide) groups is 1. The molecule has 33 heavy (non-hydrogen) atoms. The smallest absolute Gasteiger partial charge is 0.416 e. The third-order valence-corrected chi connectivity index (χ3v) is 5.46. The minimum absolute atomic E-state index is 0.0494. The summed E-state index contributed by atoms with van der Waals surface area (Å²) in [6.07, 6.45) is -5.12. The number of hydrogen-bond acceptors (Lipinski definition) is 5. The number of halogens is 4. The second kappa shape index (κ2) is 10.2. The molecule has 1 heterocycles. The van der Waals surface area contributed by atoms with Gasteiger partial charge < -0.3 is 14.6 Å². The molecular weight excluding hydrogens is 460 g/mol. The summed E-state index contributed by atoms with van der Waals surface area (Å²) in [6.45, 7) is 5.51. The van der Waals surface area contributed by atoms with E-state index in [1.54, 1.807) is 23.6 Å². The normalized spacial score (nSPS) is 12.6. The first kappa shape index (κ1) is 24.6. The minimum Gasteiger partial charge on any atom is -0.480 e. The Kier molecular flexibility index (Phi) is 7.62. The summed E-state index contributed by atoms with van der Waals surface area (Å²) in [5.74, 6) is -0.549. The van der Waals surface area contributed by atoms with Crippen molar-refractivity contribution < 1.29 is 27.1 Å². The van der Waals surface area contributed by atoms with Crippen molar-refractivity contribution in [3.8, 4) is 5.75 Å². The summed E-state index contributed by atoms with van der Waals surface area (Å²) >= 11 is 1.09. The van der Waals surface area contributed by atoms with Crippen LogP contribution in [0.2, 0.25) is 0 Å². The van der Waals surface area contributed by atoms with E-state index in [4.69, 9.17) is 4.74 Å². The lowest BCUT2D eigenvalue weighted by molar-refractivity contribution is -0.137. The number of carbonyl (C=O) groups excluding carboxylic acids is 1. The number of aromatic nitrogens is 3. The molecule has 176 valence electrons. The van der Waals surface area contributed by atoms with E-state index in [1.165, 1.54) is 24.3 Å². The average Bonchev–Trinajstić information content (AvgIpc) is 3.18. The first-order chi connectivity index (χ1) is 15.6. The van der Waals surface area contributed by atoms with Crippen molar-refractivity contribution in [1.82, 2.24) is 14.8 Å². The molecule has 6 nitrogen and oxygen atoms in total. The Morgan fingerprint density at radius 2 is 1.85 bits per heavy atom. The highest BCUT2D eigenvalue weighted by Gasteiger charge is 2.30. The van der Waals surface area contributed by atoms with Gasteiger partial charge in [-0.25, -0.2) is 4.39 Å². The molecule has 0 aliphatic heterocycles. The Bertz CT molecular complexity index is 1120. The van der Waals surface area contributed by atoms with Crippen LogP contribution in [-0.2, 0) is 11.0 Å². The molecule has 11 heteroatoms. The van der Waals surface area contributed by atoms with Crippen molar-refractivity contribution >= 4 is 23.4 Å². The van der Waals surface area contributed by atoms with E-state index in [9.17, 15) is 22.4 Å². The van der Waals surface area contributed by atoms with Crippen molar-refractivity contribution in [2.75, 3.05) is 11.1 Å². The summed E-state index contributed by atoms with van der Waals surface area (Å²) in [4.78, 5) is 12.3. The number of amides is 1. The van der Waals surface area contributed by atoms with Crippen LogP contribution in [0.1, 0.15) is 44.3 Å². The van der Waals surface area contributed by atoms with Gasteiger partial charge in [0, 0.05) is 11.7 Å². The molecule has 0 bridgehead atoms. The summed E-state index contributed by atoms with van der Waals surface area (Å²) in [5, 5.41) is 11.2. The molecule has 3 aromatic rings. The second-order valence-corrected chi connectivity index (χ2v) is 8.35. The van der Waals surface area contributed by atoms with Crippen LogP contribution in [0.15, 0.2) is 53.7 Å². The zero-order valence-corrected chi connectivity index (χ0v) is 18.9. The van der Waals surface area contributed by atoms with Crippen LogP contribution in [0.4, 0.5) is 23.2 Å². The zero-order chi connectivity index (χ0) is 24.2. The van der Waals surface area contributed by atoms with Crippen LogP contribution >= 0.6 is 11.8 Å². The topological polar surface area (TPSA) is 69.0 Å². The molecule has 0 saturated carbocycles. The van der Waals surface area contributed by atoms with Crippen molar-refractivity contribution in [3.05, 3.63) is 65.7 Å². The highest BCUT2D eigenvalue weighted by molar-refractivity contribution is 7.99. The minimum atomic E-state index is -4.50. The fourth-order valence-electron chi connectivity index (χ4n) is 3.03. The molecule has 1 unspecified atom stereocenters. The molecule has 1 amide bonds. The highest BCUT2D eigenvalue weighted by atomic mass is 32.2. The molecule has 1 N–H and O–H groups in total. The number of alkyl halides is 3. The Labute approximate surface area is 192 Å². The van der Waals surface area contributed by atoms with Gasteiger partial charge in [-0.1, -0.05) is 30.0 Å². The molecule has 0 spiro atoms. The van der Waals surface area contributed by atoms with Gasteiger partial charge in [-0.2, -0.15) is 13.2 Å². The van der Waals surface area contributed by atoms with Gasteiger partial charge in [0.25, 0.3) is 0 Å². The lowest BCUT2D eigenvalue weighted by atomic mass is 10.2. The fraction of sp³-hybridized carbons (Fsp3) is 0.318. The van der Waals surface area contributed by atoms with E-state index in [2.05, 4.69) is 15.5 Å². The predicted molar refractivity (Wildman–Crippen MR) is 117 cm³/mol. The highest BCUT2D eigenvalue weighted by Crippen LogP contribution is 2.31. The van der Waals surface area contributed by atoms with Crippen molar-refractivity contribution in [2.45, 2.75) is 44.2 Å². The predicted octanol–water partition coefficient (Wildman–Crippen LogP) is 5.89. The standard InChI is InChI=1S/C22H22F4N4O2S/c1-13(2)30-20(14(3)32-18-10-5-4-9-17(18)23)28-29-21(30)33-12-19(31)27-16-8-6-7-15(11-16)22(24,25)26/h4-11,13-14H,12H2,1-3H3,(H,27,31). The van der Waals surface area contributed by atoms with Crippen LogP contribution in [0.25, 0.3) is 0 Å². The van der Waals surface area contributed by atoms with Gasteiger partial charge in [-0.05, 0) is 51.1 Å². The Hall–Kier alpha value is -3.08. The monoisotopic (exact) mass is 482 g/mol. The number of hydrogen-bond donors (Lipinski definition) is 1. The van der Waals surface area contributed by atoms with Crippen LogP contribution in [0, 0.1) is 5.82 Å². The molecule has 0 aliphatic carbocycles. The maximum absolute atomic E-state index is 13.9. The van der Waals surface area contributed by atoms with Gasteiger partial charge in [0.2, 0.25) is 5.91 Å². The largest absolute Gasteiger partial charge is 0.480 e. The Morgan fingerprint density at radius 3 is 2.52 bits per heavy atom. The number of carbonyl (C=O) groups is 1. The van der Waals surface area contributed by atoms with E-state index in [1.807, 2.05) is 13.8 Å². The maximum atomic E-state index is 13.9. The molecule has 1 aromatic heterocycles. The van der Waals surface area contributed by atoms with Crippen LogP contribution in [0.5, 0.6) is 5.75 Å². The maximum Gasteiger partial charge on any atom is 0.416 e. The SMILES string of the molecule is CC(Oc1ccccc1F)c1nnc(SCC(=O)Nc2cccc(C(F)(F)F)c2)n1C(C)C. The van der Waals surface area contributed by atoms with Crippen LogP contribution in [0.3, 0.4) is 0 Å². The van der Waals surface area contributed by atoms with E-state index in [0.717, 1.165) is 23.9 Å². The lowest BCUT2D eigenvalue weighted by Crippen LogP contribution is -2.17. The van der Waals surface area contributed by atoms with Crippen molar-refractivity contribution in [3.63, 3.8) is 0 Å². The molecule has 0 fully saturated rings. The number of nitrogens with zero attached hydrogens (tertiary/aromatic N) is 3. The van der Waals surface area contributed by atoms with Gasteiger partial charge >= 0.3 is 6.18 Å². The summed E-state index contributed by atoms with van der Waals surface area (Å²) in [7, 11) is 0. The number of rotatable bonds is 8. The lowest BCUT2D eigenvalue weighted by Gasteiger charge is -2.19. The average molecular weight is 483 g/mol. The van der Waals surface area contributed by atoms with Gasteiger partial charge in [0.15, 0.2) is 28.7 Å². The quantitative estimate of drug-likeness (QED) is 0.320. The van der Waals surface area contributed by atoms with Crippen LogP contribution in [-0.4, -0.2) is 26.4 Å². The summed E-state index contributed by atoms with van der Waals surface area (Å²) < 4.78 is 60.0. The van der Waals surface area contributed by atoms with Crippen molar-refractivity contribution in [1.29, 1.82) is 0 Å².